The summed E-state index contributed by atoms with van der Waals surface area (Å²) in [7, 11) is 0. The molecule has 2 rings (SSSR count). The molecule has 0 amide bonds. The summed E-state index contributed by atoms with van der Waals surface area (Å²) in [5.74, 6) is 0.818. The fourth-order valence-corrected chi connectivity index (χ4v) is 1.02. The van der Waals surface area contributed by atoms with Crippen LogP contribution in [-0.2, 0) is 0 Å². The fourth-order valence-electron chi connectivity index (χ4n) is 1.02. The second kappa shape index (κ2) is 5.34. The highest BCUT2D eigenvalue weighted by Crippen LogP contribution is 2.10. The molecule has 0 aromatic carbocycles. The first kappa shape index (κ1) is 10.7. The number of hydrogen-bond donors (Lipinski definition) is 0. The van der Waals surface area contributed by atoms with Crippen molar-refractivity contribution in [1.82, 2.24) is 4.98 Å². The highest BCUT2D eigenvalue weighted by atomic mass is 79.9. The lowest BCUT2D eigenvalue weighted by Gasteiger charge is -2.10. The number of nitrogens with zero attached hydrogens (tertiary/aromatic N) is 3. The van der Waals surface area contributed by atoms with E-state index in [1.54, 1.807) is 17.4 Å². The minimum absolute atomic E-state index is 0. The molecule has 1 aromatic heterocycles. The van der Waals surface area contributed by atoms with Crippen LogP contribution in [0.5, 0.6) is 0 Å². The summed E-state index contributed by atoms with van der Waals surface area (Å²) in [5.41, 5.74) is 0. The molecule has 1 aliphatic rings. The minimum atomic E-state index is 0. The Morgan fingerprint density at radius 2 is 2.00 bits per heavy atom. The Hall–Kier alpha value is -1.42. The van der Waals surface area contributed by atoms with Crippen molar-refractivity contribution in [3.8, 4) is 0 Å². The standard InChI is InChI=1S/C10H9N3.BrH/c1-3-8-12-13(9-5-1)10-6-2-4-7-11-10;/h1-9H;1H. The van der Waals surface area contributed by atoms with Crippen LogP contribution in [0.3, 0.4) is 0 Å². The second-order valence-electron chi connectivity index (χ2n) is 2.52. The van der Waals surface area contributed by atoms with Gasteiger partial charge in [-0.3, -0.25) is 0 Å². The zero-order valence-corrected chi connectivity index (χ0v) is 9.16. The summed E-state index contributed by atoms with van der Waals surface area (Å²) < 4.78 is 0. The van der Waals surface area contributed by atoms with Gasteiger partial charge in [-0.15, -0.1) is 17.0 Å². The molecule has 0 saturated carbocycles. The topological polar surface area (TPSA) is 28.5 Å². The molecule has 0 unspecified atom stereocenters. The van der Waals surface area contributed by atoms with Crippen LogP contribution >= 0.6 is 17.0 Å². The smallest absolute Gasteiger partial charge is 0.153 e. The van der Waals surface area contributed by atoms with Crippen LogP contribution in [0.15, 0.2) is 53.9 Å². The molecule has 2 heterocycles. The van der Waals surface area contributed by atoms with Crippen LogP contribution in [0.4, 0.5) is 5.82 Å². The number of aromatic nitrogens is 1. The summed E-state index contributed by atoms with van der Waals surface area (Å²) in [6.07, 6.45) is 11.1. The van der Waals surface area contributed by atoms with Gasteiger partial charge in [0, 0.05) is 18.6 Å². The normalized spacial score (nSPS) is 13.6. The maximum absolute atomic E-state index is 4.18. The average Bonchev–Trinajstić information content (AvgIpc) is 2.47. The van der Waals surface area contributed by atoms with E-state index in [0.717, 1.165) is 5.82 Å². The summed E-state index contributed by atoms with van der Waals surface area (Å²) in [6, 6.07) is 5.73. The molecule has 0 fully saturated rings. The maximum atomic E-state index is 4.18. The Morgan fingerprint density at radius 3 is 2.79 bits per heavy atom. The third-order valence-electron chi connectivity index (χ3n) is 1.61. The molecule has 14 heavy (non-hydrogen) atoms. The number of anilines is 1. The SMILES string of the molecule is Br.C1=CC=NN(c2ccccn2)C=C1. The molecule has 1 aliphatic heterocycles. The van der Waals surface area contributed by atoms with Crippen LogP contribution in [0.2, 0.25) is 0 Å². The van der Waals surface area contributed by atoms with Gasteiger partial charge in [-0.1, -0.05) is 12.1 Å². The van der Waals surface area contributed by atoms with Gasteiger partial charge >= 0.3 is 0 Å². The zero-order valence-electron chi connectivity index (χ0n) is 7.45. The molecular formula is C10H10BrN3. The molecule has 72 valence electrons. The molecule has 0 spiro atoms. The third kappa shape index (κ3) is 2.53. The number of pyridine rings is 1. The van der Waals surface area contributed by atoms with Gasteiger partial charge in [-0.05, 0) is 24.3 Å². The molecule has 4 heteroatoms. The van der Waals surface area contributed by atoms with Gasteiger partial charge in [0.2, 0.25) is 0 Å². The molecule has 0 saturated heterocycles. The molecule has 0 radical (unpaired) electrons. The largest absolute Gasteiger partial charge is 0.237 e. The lowest BCUT2D eigenvalue weighted by atomic mass is 10.4. The van der Waals surface area contributed by atoms with Crippen LogP contribution < -0.4 is 5.01 Å². The van der Waals surface area contributed by atoms with Crippen molar-refractivity contribution in [2.45, 2.75) is 0 Å². The van der Waals surface area contributed by atoms with Crippen LogP contribution in [0.25, 0.3) is 0 Å². The van der Waals surface area contributed by atoms with Gasteiger partial charge in [-0.25, -0.2) is 9.99 Å². The van der Waals surface area contributed by atoms with Crippen LogP contribution in [0.1, 0.15) is 0 Å². The predicted molar refractivity (Wildman–Crippen MR) is 63.8 cm³/mol. The van der Waals surface area contributed by atoms with Gasteiger partial charge in [0.05, 0.1) is 0 Å². The Kier molecular flexibility index (Phi) is 4.07. The van der Waals surface area contributed by atoms with Crippen molar-refractivity contribution >= 4 is 29.0 Å². The predicted octanol–water partition coefficient (Wildman–Crippen LogP) is 2.54. The number of hydrogen-bond acceptors (Lipinski definition) is 3. The summed E-state index contributed by atoms with van der Waals surface area (Å²) in [4.78, 5) is 4.18. The van der Waals surface area contributed by atoms with Gasteiger partial charge in [0.15, 0.2) is 5.82 Å². The van der Waals surface area contributed by atoms with Gasteiger partial charge in [0.1, 0.15) is 0 Å². The number of hydrazone groups is 1. The number of allylic oxidation sites excluding steroid dienone is 3. The van der Waals surface area contributed by atoms with E-state index in [1.165, 1.54) is 0 Å². The highest BCUT2D eigenvalue weighted by molar-refractivity contribution is 8.93. The molecule has 0 aliphatic carbocycles. The summed E-state index contributed by atoms with van der Waals surface area (Å²) >= 11 is 0. The fraction of sp³-hybridized carbons (Fsp3) is 0. The molecule has 0 bridgehead atoms. The minimum Gasteiger partial charge on any atom is -0.237 e. The zero-order chi connectivity index (χ0) is 8.93. The Morgan fingerprint density at radius 1 is 1.07 bits per heavy atom. The van der Waals surface area contributed by atoms with Gasteiger partial charge in [-0.2, -0.15) is 5.10 Å². The van der Waals surface area contributed by atoms with Crippen molar-refractivity contribution in [2.24, 2.45) is 5.10 Å². The summed E-state index contributed by atoms with van der Waals surface area (Å²) in [6.45, 7) is 0. The van der Waals surface area contributed by atoms with Gasteiger partial charge < -0.3 is 0 Å². The van der Waals surface area contributed by atoms with Crippen LogP contribution in [0, 0.1) is 0 Å². The van der Waals surface area contributed by atoms with Crippen molar-refractivity contribution in [2.75, 3.05) is 5.01 Å². The van der Waals surface area contributed by atoms with Crippen molar-refractivity contribution in [3.63, 3.8) is 0 Å². The average molecular weight is 252 g/mol. The molecular weight excluding hydrogens is 242 g/mol. The summed E-state index contributed by atoms with van der Waals surface area (Å²) in [5, 5.41) is 5.89. The van der Waals surface area contributed by atoms with E-state index in [1.807, 2.05) is 42.6 Å². The lowest BCUT2D eigenvalue weighted by Crippen LogP contribution is -2.07. The number of rotatable bonds is 1. The van der Waals surface area contributed by atoms with E-state index in [0.29, 0.717) is 0 Å². The molecule has 0 atom stereocenters. The highest BCUT2D eigenvalue weighted by Gasteiger charge is 1.99. The van der Waals surface area contributed by atoms with E-state index in [9.17, 15) is 0 Å². The molecule has 0 N–H and O–H groups in total. The van der Waals surface area contributed by atoms with E-state index in [-0.39, 0.29) is 17.0 Å². The Balaban J connectivity index is 0.000000980. The Bertz CT molecular complexity index is 341. The van der Waals surface area contributed by atoms with Gasteiger partial charge in [0.25, 0.3) is 0 Å². The maximum Gasteiger partial charge on any atom is 0.153 e. The molecule has 1 aromatic rings. The van der Waals surface area contributed by atoms with E-state index >= 15 is 0 Å². The van der Waals surface area contributed by atoms with Crippen molar-refractivity contribution in [3.05, 3.63) is 48.8 Å². The monoisotopic (exact) mass is 251 g/mol. The second-order valence-corrected chi connectivity index (χ2v) is 2.52. The van der Waals surface area contributed by atoms with Crippen molar-refractivity contribution in [1.29, 1.82) is 0 Å². The van der Waals surface area contributed by atoms with E-state index in [4.69, 9.17) is 0 Å². The van der Waals surface area contributed by atoms with E-state index < -0.39 is 0 Å². The number of halogens is 1. The molecule has 3 nitrogen and oxygen atoms in total. The quantitative estimate of drug-likeness (QED) is 0.768. The first-order valence-corrected chi connectivity index (χ1v) is 4.04. The lowest BCUT2D eigenvalue weighted by molar-refractivity contribution is 1.04. The van der Waals surface area contributed by atoms with E-state index in [2.05, 4.69) is 10.1 Å². The Labute approximate surface area is 93.2 Å². The third-order valence-corrected chi connectivity index (χ3v) is 1.61. The first-order valence-electron chi connectivity index (χ1n) is 4.04. The van der Waals surface area contributed by atoms with Crippen LogP contribution in [-0.4, -0.2) is 11.2 Å². The van der Waals surface area contributed by atoms with Crippen molar-refractivity contribution < 1.29 is 0 Å². The first-order chi connectivity index (χ1) is 6.47.